The molecule has 122 valence electrons. The second-order valence-electron chi connectivity index (χ2n) is 4.73. The Kier molecular flexibility index (Phi) is 5.44. The van der Waals surface area contributed by atoms with Crippen LogP contribution < -0.4 is 9.47 Å². The smallest absolute Gasteiger partial charge is 0.355 e. The Bertz CT molecular complexity index is 738. The van der Waals surface area contributed by atoms with Gasteiger partial charge < -0.3 is 19.2 Å². The van der Waals surface area contributed by atoms with Crippen molar-refractivity contribution < 1.29 is 23.8 Å². The molecular formula is C16H16BrNO5. The van der Waals surface area contributed by atoms with E-state index in [-0.39, 0.29) is 18.1 Å². The average molecular weight is 382 g/mol. The van der Waals surface area contributed by atoms with Crippen LogP contribution in [0.5, 0.6) is 11.5 Å². The first-order valence-electron chi connectivity index (χ1n) is 6.73. The molecule has 2 rings (SSSR count). The molecule has 1 aromatic heterocycles. The number of esters is 1. The van der Waals surface area contributed by atoms with Crippen molar-refractivity contribution >= 4 is 27.7 Å². The third-order valence-corrected chi connectivity index (χ3v) is 3.96. The Morgan fingerprint density at radius 3 is 2.35 bits per heavy atom. The van der Waals surface area contributed by atoms with Gasteiger partial charge in [-0.2, -0.15) is 0 Å². The van der Waals surface area contributed by atoms with Gasteiger partial charge in [0.1, 0.15) is 12.3 Å². The van der Waals surface area contributed by atoms with Gasteiger partial charge in [-0.1, -0.05) is 15.9 Å². The molecule has 0 bridgehead atoms. The van der Waals surface area contributed by atoms with E-state index in [4.69, 9.17) is 14.2 Å². The number of hydrogen-bond donors (Lipinski definition) is 1. The summed E-state index contributed by atoms with van der Waals surface area (Å²) in [6.07, 6.45) is 1.48. The van der Waals surface area contributed by atoms with E-state index in [1.807, 2.05) is 0 Å². The summed E-state index contributed by atoms with van der Waals surface area (Å²) in [5.74, 6) is 0.451. The number of Topliss-reactive ketones (excluding diaryl/α,β-unsaturated/α-hetero) is 1. The monoisotopic (exact) mass is 381 g/mol. The number of nitrogens with one attached hydrogen (secondary N) is 1. The molecule has 6 nitrogen and oxygen atoms in total. The van der Waals surface area contributed by atoms with E-state index in [0.717, 1.165) is 10.0 Å². The summed E-state index contributed by atoms with van der Waals surface area (Å²) in [6, 6.07) is 4.94. The van der Waals surface area contributed by atoms with Gasteiger partial charge in [0.05, 0.1) is 14.2 Å². The molecule has 1 aromatic carbocycles. The first-order valence-corrected chi connectivity index (χ1v) is 7.52. The SMILES string of the molecule is COc1cc(Br)c(COC(=O)c2cc(C(C)=O)c[nH]2)cc1OC. The van der Waals surface area contributed by atoms with Gasteiger partial charge in [0.2, 0.25) is 0 Å². The number of ether oxygens (including phenoxy) is 3. The molecule has 0 unspecified atom stereocenters. The number of benzene rings is 1. The summed E-state index contributed by atoms with van der Waals surface area (Å²) < 4.78 is 16.4. The molecule has 0 saturated carbocycles. The van der Waals surface area contributed by atoms with Crippen molar-refractivity contribution in [2.75, 3.05) is 14.2 Å². The van der Waals surface area contributed by atoms with Crippen LogP contribution in [0, 0.1) is 0 Å². The average Bonchev–Trinajstić information content (AvgIpc) is 3.03. The third-order valence-electron chi connectivity index (χ3n) is 3.22. The van der Waals surface area contributed by atoms with Gasteiger partial charge in [-0.05, 0) is 25.1 Å². The Labute approximate surface area is 141 Å². The van der Waals surface area contributed by atoms with Crippen molar-refractivity contribution in [1.29, 1.82) is 0 Å². The van der Waals surface area contributed by atoms with Gasteiger partial charge in [-0.3, -0.25) is 4.79 Å². The fraction of sp³-hybridized carbons (Fsp3) is 0.250. The number of aromatic amines is 1. The predicted octanol–water partition coefficient (Wildman–Crippen LogP) is 3.35. The standard InChI is InChI=1S/C16H16BrNO5/c1-9(19)10-4-13(18-7-10)16(20)23-8-11-5-14(21-2)15(22-3)6-12(11)17/h4-7,18H,8H2,1-3H3. The number of rotatable bonds is 6. The number of aromatic nitrogens is 1. The molecule has 1 N–H and O–H groups in total. The molecule has 7 heteroatoms. The zero-order chi connectivity index (χ0) is 17.0. The summed E-state index contributed by atoms with van der Waals surface area (Å²) in [4.78, 5) is 26.0. The second kappa shape index (κ2) is 7.32. The second-order valence-corrected chi connectivity index (χ2v) is 5.59. The Morgan fingerprint density at radius 2 is 1.78 bits per heavy atom. The van der Waals surface area contributed by atoms with E-state index in [1.54, 1.807) is 19.2 Å². The highest BCUT2D eigenvalue weighted by Crippen LogP contribution is 2.33. The fourth-order valence-electron chi connectivity index (χ4n) is 1.94. The normalized spacial score (nSPS) is 10.3. The lowest BCUT2D eigenvalue weighted by molar-refractivity contribution is 0.0465. The van der Waals surface area contributed by atoms with E-state index >= 15 is 0 Å². The van der Waals surface area contributed by atoms with Gasteiger partial charge in [0.15, 0.2) is 17.3 Å². The van der Waals surface area contributed by atoms with Crippen molar-refractivity contribution in [2.45, 2.75) is 13.5 Å². The van der Waals surface area contributed by atoms with Crippen LogP contribution in [0.4, 0.5) is 0 Å². The predicted molar refractivity (Wildman–Crippen MR) is 87.2 cm³/mol. The van der Waals surface area contributed by atoms with Crippen molar-refractivity contribution in [3.8, 4) is 11.5 Å². The molecule has 0 aliphatic carbocycles. The van der Waals surface area contributed by atoms with Gasteiger partial charge >= 0.3 is 5.97 Å². The van der Waals surface area contributed by atoms with E-state index < -0.39 is 5.97 Å². The van der Waals surface area contributed by atoms with Gasteiger partial charge in [0.25, 0.3) is 0 Å². The number of carbonyl (C=O) groups is 2. The van der Waals surface area contributed by atoms with Crippen LogP contribution in [0.25, 0.3) is 0 Å². The van der Waals surface area contributed by atoms with Gasteiger partial charge in [-0.15, -0.1) is 0 Å². The number of halogens is 1. The maximum Gasteiger partial charge on any atom is 0.355 e. The molecule has 0 fully saturated rings. The molecule has 1 heterocycles. The topological polar surface area (TPSA) is 77.6 Å². The number of hydrogen-bond acceptors (Lipinski definition) is 5. The van der Waals surface area contributed by atoms with Crippen LogP contribution in [-0.4, -0.2) is 31.0 Å². The molecule has 0 aliphatic rings. The lowest BCUT2D eigenvalue weighted by atomic mass is 10.2. The number of H-pyrrole nitrogens is 1. The molecule has 0 atom stereocenters. The van der Waals surface area contributed by atoms with E-state index in [9.17, 15) is 9.59 Å². The number of ketones is 1. The molecule has 0 radical (unpaired) electrons. The molecule has 0 aliphatic heterocycles. The molecular weight excluding hydrogens is 366 g/mol. The molecule has 23 heavy (non-hydrogen) atoms. The van der Waals surface area contributed by atoms with Crippen LogP contribution in [-0.2, 0) is 11.3 Å². The van der Waals surface area contributed by atoms with Crippen LogP contribution in [0.2, 0.25) is 0 Å². The van der Waals surface area contributed by atoms with E-state index in [0.29, 0.717) is 17.1 Å². The molecule has 2 aromatic rings. The highest BCUT2D eigenvalue weighted by atomic mass is 79.9. The minimum absolute atomic E-state index is 0.0498. The van der Waals surface area contributed by atoms with Crippen LogP contribution >= 0.6 is 15.9 Å². The largest absolute Gasteiger partial charge is 0.493 e. The Hall–Kier alpha value is -2.28. The van der Waals surface area contributed by atoms with Crippen LogP contribution in [0.1, 0.15) is 33.3 Å². The van der Waals surface area contributed by atoms with Gasteiger partial charge in [0, 0.05) is 21.8 Å². The third kappa shape index (κ3) is 3.92. The van der Waals surface area contributed by atoms with Crippen LogP contribution in [0.15, 0.2) is 28.9 Å². The fourth-order valence-corrected chi connectivity index (χ4v) is 2.38. The van der Waals surface area contributed by atoms with Gasteiger partial charge in [-0.25, -0.2) is 4.79 Å². The van der Waals surface area contributed by atoms with Crippen molar-refractivity contribution in [1.82, 2.24) is 4.98 Å². The summed E-state index contributed by atoms with van der Waals surface area (Å²) in [5, 5.41) is 0. The number of carbonyl (C=O) groups excluding carboxylic acids is 2. The molecule has 0 saturated heterocycles. The minimum atomic E-state index is -0.542. The lowest BCUT2D eigenvalue weighted by Gasteiger charge is -2.12. The summed E-state index contributed by atoms with van der Waals surface area (Å²) in [7, 11) is 3.08. The van der Waals surface area contributed by atoms with E-state index in [2.05, 4.69) is 20.9 Å². The van der Waals surface area contributed by atoms with Crippen molar-refractivity contribution in [3.63, 3.8) is 0 Å². The highest BCUT2D eigenvalue weighted by Gasteiger charge is 2.15. The number of methoxy groups -OCH3 is 2. The summed E-state index contributed by atoms with van der Waals surface area (Å²) in [5.41, 5.74) is 1.39. The minimum Gasteiger partial charge on any atom is -0.493 e. The highest BCUT2D eigenvalue weighted by molar-refractivity contribution is 9.10. The van der Waals surface area contributed by atoms with Crippen molar-refractivity contribution in [2.24, 2.45) is 0 Å². The Balaban J connectivity index is 2.10. The molecule has 0 amide bonds. The first-order chi connectivity index (χ1) is 11.0. The summed E-state index contributed by atoms with van der Waals surface area (Å²) >= 11 is 3.40. The quantitative estimate of drug-likeness (QED) is 0.613. The first kappa shape index (κ1) is 17.1. The maximum atomic E-state index is 12.0. The maximum absolute atomic E-state index is 12.0. The van der Waals surface area contributed by atoms with Crippen molar-refractivity contribution in [3.05, 3.63) is 45.7 Å². The summed E-state index contributed by atoms with van der Waals surface area (Å²) in [6.45, 7) is 1.48. The van der Waals surface area contributed by atoms with Crippen LogP contribution in [0.3, 0.4) is 0 Å². The lowest BCUT2D eigenvalue weighted by Crippen LogP contribution is -2.06. The van der Waals surface area contributed by atoms with E-state index in [1.165, 1.54) is 26.3 Å². The zero-order valence-corrected chi connectivity index (χ0v) is 14.5. The zero-order valence-electron chi connectivity index (χ0n) is 12.9. The Morgan fingerprint density at radius 1 is 1.13 bits per heavy atom. The molecule has 0 spiro atoms.